The summed E-state index contributed by atoms with van der Waals surface area (Å²) in [5, 5.41) is 13.3. The van der Waals surface area contributed by atoms with E-state index in [1.54, 1.807) is 0 Å². The van der Waals surface area contributed by atoms with Crippen molar-refractivity contribution in [2.75, 3.05) is 31.1 Å². The summed E-state index contributed by atoms with van der Waals surface area (Å²) in [7, 11) is 0. The molecule has 0 atom stereocenters. The highest BCUT2D eigenvalue weighted by molar-refractivity contribution is 5.99. The Morgan fingerprint density at radius 1 is 0.967 bits per heavy atom. The van der Waals surface area contributed by atoms with E-state index in [9.17, 15) is 0 Å². The number of piperidine rings is 1. The maximum atomic E-state index is 4.61. The molecule has 4 aromatic rings. The Bertz CT molecular complexity index is 1240. The zero-order valence-corrected chi connectivity index (χ0v) is 16.9. The van der Waals surface area contributed by atoms with Crippen molar-refractivity contribution in [3.8, 4) is 11.4 Å². The summed E-state index contributed by atoms with van der Waals surface area (Å²) in [6.45, 7) is 4.13. The molecule has 0 aliphatic carbocycles. The van der Waals surface area contributed by atoms with Crippen LogP contribution in [0.25, 0.3) is 38.9 Å². The number of nitrogens with one attached hydrogen (secondary N) is 3. The van der Waals surface area contributed by atoms with Crippen molar-refractivity contribution >= 4 is 33.2 Å². The molecule has 0 amide bonds. The van der Waals surface area contributed by atoms with Crippen molar-refractivity contribution in [2.45, 2.75) is 25.7 Å². The second-order valence-corrected chi connectivity index (χ2v) is 8.23. The molecule has 2 aliphatic rings. The van der Waals surface area contributed by atoms with Crippen molar-refractivity contribution in [1.82, 2.24) is 30.5 Å². The molecule has 4 aromatic heterocycles. The van der Waals surface area contributed by atoms with E-state index in [0.29, 0.717) is 0 Å². The van der Waals surface area contributed by atoms with Crippen LogP contribution in [0.4, 0.5) is 5.69 Å². The lowest BCUT2D eigenvalue weighted by Gasteiger charge is -2.28. The number of H-pyrrole nitrogens is 2. The van der Waals surface area contributed by atoms with Gasteiger partial charge in [-0.05, 0) is 55.5 Å². The van der Waals surface area contributed by atoms with E-state index in [4.69, 9.17) is 0 Å². The monoisotopic (exact) mass is 399 g/mol. The van der Waals surface area contributed by atoms with Gasteiger partial charge in [0, 0.05) is 36.6 Å². The first-order valence-electron chi connectivity index (χ1n) is 10.8. The number of fused-ring (bicyclic) bond motifs is 2. The van der Waals surface area contributed by atoms with Gasteiger partial charge in [-0.25, -0.2) is 4.98 Å². The zero-order valence-electron chi connectivity index (χ0n) is 16.9. The Morgan fingerprint density at radius 2 is 1.90 bits per heavy atom. The van der Waals surface area contributed by atoms with Crippen LogP contribution in [0.5, 0.6) is 0 Å². The van der Waals surface area contributed by atoms with Crippen molar-refractivity contribution in [2.24, 2.45) is 0 Å². The highest BCUT2D eigenvalue weighted by atomic mass is 15.2. The predicted octanol–water partition coefficient (Wildman–Crippen LogP) is 3.87. The van der Waals surface area contributed by atoms with Crippen LogP contribution in [0.2, 0.25) is 0 Å². The fourth-order valence-electron chi connectivity index (χ4n) is 4.72. The third kappa shape index (κ3) is 2.97. The Labute approximate surface area is 174 Å². The molecule has 7 nitrogen and oxygen atoms in total. The first kappa shape index (κ1) is 17.7. The standard InChI is InChI=1S/C23H25N7/c1-2-8-30(9-3-1)21-14-25-13-20-17(21)11-19(27-20)22-18-10-16(12-26-23(18)29-28-22)15-4-6-24-7-5-15/h4,10-14,24,27H,1-3,5-9H2,(H,26,28,29). The summed E-state index contributed by atoms with van der Waals surface area (Å²) in [4.78, 5) is 15.1. The maximum Gasteiger partial charge on any atom is 0.181 e. The van der Waals surface area contributed by atoms with Gasteiger partial charge in [-0.2, -0.15) is 5.10 Å². The van der Waals surface area contributed by atoms with Gasteiger partial charge in [-0.3, -0.25) is 10.1 Å². The second kappa shape index (κ2) is 7.25. The number of hydrogen-bond acceptors (Lipinski definition) is 5. The van der Waals surface area contributed by atoms with E-state index in [1.807, 2.05) is 18.6 Å². The van der Waals surface area contributed by atoms with E-state index >= 15 is 0 Å². The van der Waals surface area contributed by atoms with E-state index in [-0.39, 0.29) is 0 Å². The van der Waals surface area contributed by atoms with Gasteiger partial charge >= 0.3 is 0 Å². The minimum absolute atomic E-state index is 0.747. The third-order valence-electron chi connectivity index (χ3n) is 6.33. The van der Waals surface area contributed by atoms with Crippen LogP contribution in [0.3, 0.4) is 0 Å². The molecule has 0 aromatic carbocycles. The van der Waals surface area contributed by atoms with E-state index < -0.39 is 0 Å². The van der Waals surface area contributed by atoms with Crippen LogP contribution in [-0.2, 0) is 0 Å². The van der Waals surface area contributed by atoms with Crippen LogP contribution >= 0.6 is 0 Å². The molecule has 0 radical (unpaired) electrons. The summed E-state index contributed by atoms with van der Waals surface area (Å²) < 4.78 is 0. The number of anilines is 1. The van der Waals surface area contributed by atoms with Gasteiger partial charge in [-0.15, -0.1) is 0 Å². The Kier molecular flexibility index (Phi) is 4.27. The molecule has 7 heteroatoms. The highest BCUT2D eigenvalue weighted by Gasteiger charge is 2.18. The average Bonchev–Trinajstić information content (AvgIpc) is 3.43. The smallest absolute Gasteiger partial charge is 0.181 e. The SMILES string of the molecule is C1=C(c2cnc3n[nH]c(-c4cc5c(N6CCCCC6)cncc5[nH]4)c3c2)CCNC1. The first-order valence-corrected chi connectivity index (χ1v) is 10.8. The molecule has 0 bridgehead atoms. The molecule has 0 unspecified atom stereocenters. The fraction of sp³-hybridized carbons (Fsp3) is 0.348. The molecule has 2 aliphatic heterocycles. The van der Waals surface area contributed by atoms with Crippen LogP contribution in [0.1, 0.15) is 31.2 Å². The topological polar surface area (TPSA) is 85.5 Å². The molecular weight excluding hydrogens is 374 g/mol. The highest BCUT2D eigenvalue weighted by Crippen LogP contribution is 2.34. The summed E-state index contributed by atoms with van der Waals surface area (Å²) >= 11 is 0. The van der Waals surface area contributed by atoms with Gasteiger partial charge in [0.05, 0.1) is 35.0 Å². The summed E-state index contributed by atoms with van der Waals surface area (Å²) in [6, 6.07) is 4.44. The van der Waals surface area contributed by atoms with Crippen LogP contribution in [0, 0.1) is 0 Å². The van der Waals surface area contributed by atoms with Crippen LogP contribution in [-0.4, -0.2) is 51.3 Å². The van der Waals surface area contributed by atoms with Crippen molar-refractivity contribution in [1.29, 1.82) is 0 Å². The molecule has 6 heterocycles. The third-order valence-corrected chi connectivity index (χ3v) is 6.33. The molecule has 1 fully saturated rings. The number of pyridine rings is 2. The lowest BCUT2D eigenvalue weighted by Crippen LogP contribution is -2.29. The number of aromatic nitrogens is 5. The zero-order chi connectivity index (χ0) is 19.9. The Morgan fingerprint density at radius 3 is 2.77 bits per heavy atom. The molecule has 30 heavy (non-hydrogen) atoms. The second-order valence-electron chi connectivity index (χ2n) is 8.23. The Balaban J connectivity index is 1.44. The largest absolute Gasteiger partial charge is 0.370 e. The summed E-state index contributed by atoms with van der Waals surface area (Å²) in [5.41, 5.74) is 7.56. The van der Waals surface area contributed by atoms with Crippen molar-refractivity contribution < 1.29 is 0 Å². The average molecular weight is 400 g/mol. The van der Waals surface area contributed by atoms with E-state index in [1.165, 1.54) is 41.5 Å². The van der Waals surface area contributed by atoms with Gasteiger partial charge in [0.2, 0.25) is 0 Å². The fourth-order valence-corrected chi connectivity index (χ4v) is 4.72. The van der Waals surface area contributed by atoms with Crippen LogP contribution < -0.4 is 10.2 Å². The molecular formula is C23H25N7. The number of aromatic amines is 2. The van der Waals surface area contributed by atoms with E-state index in [2.05, 4.69) is 53.6 Å². The molecule has 0 spiro atoms. The molecule has 152 valence electrons. The lowest BCUT2D eigenvalue weighted by atomic mass is 10.0. The van der Waals surface area contributed by atoms with Crippen molar-refractivity contribution in [3.63, 3.8) is 0 Å². The molecule has 3 N–H and O–H groups in total. The lowest BCUT2D eigenvalue weighted by molar-refractivity contribution is 0.578. The van der Waals surface area contributed by atoms with Gasteiger partial charge in [0.15, 0.2) is 5.65 Å². The van der Waals surface area contributed by atoms with Crippen LogP contribution in [0.15, 0.2) is 36.8 Å². The quantitative estimate of drug-likeness (QED) is 0.487. The predicted molar refractivity (Wildman–Crippen MR) is 121 cm³/mol. The minimum Gasteiger partial charge on any atom is -0.370 e. The number of hydrogen-bond donors (Lipinski definition) is 3. The molecule has 0 saturated carbocycles. The normalized spacial score (nSPS) is 17.6. The number of nitrogens with zero attached hydrogens (tertiary/aromatic N) is 4. The first-order chi connectivity index (χ1) is 14.9. The van der Waals surface area contributed by atoms with Crippen molar-refractivity contribution in [3.05, 3.63) is 42.4 Å². The summed E-state index contributed by atoms with van der Waals surface area (Å²) in [5.74, 6) is 0. The van der Waals surface area contributed by atoms with Gasteiger partial charge < -0.3 is 15.2 Å². The van der Waals surface area contributed by atoms with Gasteiger partial charge in [0.25, 0.3) is 0 Å². The van der Waals surface area contributed by atoms with Gasteiger partial charge in [-0.1, -0.05) is 6.08 Å². The summed E-state index contributed by atoms with van der Waals surface area (Å²) in [6.07, 6.45) is 12.9. The van der Waals surface area contributed by atoms with Gasteiger partial charge in [0.1, 0.15) is 0 Å². The maximum absolute atomic E-state index is 4.61. The molecule has 1 saturated heterocycles. The minimum atomic E-state index is 0.747. The molecule has 6 rings (SSSR count). The number of rotatable bonds is 3. The van der Waals surface area contributed by atoms with E-state index in [0.717, 1.165) is 60.5 Å². The Hall–Kier alpha value is -3.19.